The number of hydrogen-bond acceptors (Lipinski definition) is 6. The van der Waals surface area contributed by atoms with Crippen molar-refractivity contribution in [2.45, 2.75) is 32.9 Å². The van der Waals surface area contributed by atoms with Crippen LogP contribution in [0.15, 0.2) is 6.07 Å². The van der Waals surface area contributed by atoms with E-state index in [9.17, 15) is 0 Å². The maximum Gasteiger partial charge on any atom is 0.158 e. The quantitative estimate of drug-likeness (QED) is 0.713. The molecule has 1 aromatic heterocycles. The highest BCUT2D eigenvalue weighted by molar-refractivity contribution is 5.47. The van der Waals surface area contributed by atoms with Crippen LogP contribution in [0.1, 0.15) is 26.1 Å². The van der Waals surface area contributed by atoms with Gasteiger partial charge in [-0.05, 0) is 20.3 Å². The zero-order valence-electron chi connectivity index (χ0n) is 12.2. The Labute approximate surface area is 114 Å². The van der Waals surface area contributed by atoms with Crippen LogP contribution in [0.5, 0.6) is 0 Å². The van der Waals surface area contributed by atoms with Gasteiger partial charge in [-0.15, -0.1) is 0 Å². The molecular formula is C13H24N4O2. The third-order valence-corrected chi connectivity index (χ3v) is 2.61. The summed E-state index contributed by atoms with van der Waals surface area (Å²) in [6.07, 6.45) is 0.927. The van der Waals surface area contributed by atoms with Crippen LogP contribution in [0, 0.1) is 0 Å². The predicted molar refractivity (Wildman–Crippen MR) is 76.5 cm³/mol. The molecule has 0 amide bonds. The standard InChI is InChI=1S/C13H24N4O2/c1-5-19-9-13-16-11(14-3)8-12(17-13)15-10(2)6-7-18-4/h8,10H,5-7,9H2,1-4H3,(H2,14,15,16,17). The number of methoxy groups -OCH3 is 1. The van der Waals surface area contributed by atoms with Gasteiger partial charge in [0, 0.05) is 39.5 Å². The fourth-order valence-electron chi connectivity index (χ4n) is 1.58. The molecule has 6 heteroatoms. The summed E-state index contributed by atoms with van der Waals surface area (Å²) in [5.41, 5.74) is 0. The fraction of sp³-hybridized carbons (Fsp3) is 0.692. The molecule has 6 nitrogen and oxygen atoms in total. The lowest BCUT2D eigenvalue weighted by Gasteiger charge is -2.15. The lowest BCUT2D eigenvalue weighted by atomic mass is 10.2. The third-order valence-electron chi connectivity index (χ3n) is 2.61. The fourth-order valence-corrected chi connectivity index (χ4v) is 1.58. The minimum atomic E-state index is 0.291. The van der Waals surface area contributed by atoms with Crippen molar-refractivity contribution in [1.82, 2.24) is 9.97 Å². The molecule has 1 heterocycles. The predicted octanol–water partition coefficient (Wildman–Crippen LogP) is 1.89. The molecule has 0 bridgehead atoms. The molecule has 0 aliphatic rings. The van der Waals surface area contributed by atoms with Crippen molar-refractivity contribution in [3.63, 3.8) is 0 Å². The average molecular weight is 268 g/mol. The second kappa shape index (κ2) is 8.66. The molecule has 0 saturated carbocycles. The zero-order chi connectivity index (χ0) is 14.1. The van der Waals surface area contributed by atoms with Crippen LogP contribution in [0.25, 0.3) is 0 Å². The monoisotopic (exact) mass is 268 g/mol. The number of rotatable bonds is 9. The Balaban J connectivity index is 2.69. The zero-order valence-corrected chi connectivity index (χ0v) is 12.2. The molecule has 108 valence electrons. The lowest BCUT2D eigenvalue weighted by Crippen LogP contribution is -2.19. The molecule has 2 N–H and O–H groups in total. The molecule has 1 unspecified atom stereocenters. The van der Waals surface area contributed by atoms with E-state index < -0.39 is 0 Å². The van der Waals surface area contributed by atoms with Crippen LogP contribution in [-0.2, 0) is 16.1 Å². The maximum atomic E-state index is 5.34. The minimum Gasteiger partial charge on any atom is -0.385 e. The van der Waals surface area contributed by atoms with Crippen molar-refractivity contribution < 1.29 is 9.47 Å². The largest absolute Gasteiger partial charge is 0.385 e. The number of anilines is 2. The van der Waals surface area contributed by atoms with Gasteiger partial charge in [0.25, 0.3) is 0 Å². The van der Waals surface area contributed by atoms with Crippen LogP contribution in [-0.4, -0.2) is 43.4 Å². The molecular weight excluding hydrogens is 244 g/mol. The Kier molecular flexibility index (Phi) is 7.14. The minimum absolute atomic E-state index is 0.291. The summed E-state index contributed by atoms with van der Waals surface area (Å²) >= 11 is 0. The van der Waals surface area contributed by atoms with E-state index in [1.807, 2.05) is 20.0 Å². The summed E-state index contributed by atoms with van der Waals surface area (Å²) in [4.78, 5) is 8.79. The van der Waals surface area contributed by atoms with E-state index in [2.05, 4.69) is 27.5 Å². The Morgan fingerprint density at radius 3 is 2.68 bits per heavy atom. The molecule has 0 aliphatic heterocycles. The molecule has 0 fully saturated rings. The smallest absolute Gasteiger partial charge is 0.158 e. The van der Waals surface area contributed by atoms with E-state index in [1.165, 1.54) is 0 Å². The summed E-state index contributed by atoms with van der Waals surface area (Å²) in [6, 6.07) is 2.18. The summed E-state index contributed by atoms with van der Waals surface area (Å²) in [5, 5.41) is 6.37. The van der Waals surface area contributed by atoms with Gasteiger partial charge in [0.2, 0.25) is 0 Å². The number of ether oxygens (including phenoxy) is 2. The van der Waals surface area contributed by atoms with Crippen LogP contribution in [0.2, 0.25) is 0 Å². The molecule has 19 heavy (non-hydrogen) atoms. The van der Waals surface area contributed by atoms with Gasteiger partial charge in [0.1, 0.15) is 18.2 Å². The Hall–Kier alpha value is -1.40. The van der Waals surface area contributed by atoms with Crippen molar-refractivity contribution >= 4 is 11.6 Å². The first-order valence-electron chi connectivity index (χ1n) is 6.58. The number of hydrogen-bond donors (Lipinski definition) is 2. The van der Waals surface area contributed by atoms with E-state index in [0.717, 1.165) is 24.7 Å². The summed E-state index contributed by atoms with van der Waals surface area (Å²) in [7, 11) is 3.54. The van der Waals surface area contributed by atoms with Crippen molar-refractivity contribution in [1.29, 1.82) is 0 Å². The van der Waals surface area contributed by atoms with Crippen LogP contribution in [0.3, 0.4) is 0 Å². The van der Waals surface area contributed by atoms with Crippen molar-refractivity contribution in [2.24, 2.45) is 0 Å². The number of nitrogens with zero attached hydrogens (tertiary/aromatic N) is 2. The van der Waals surface area contributed by atoms with Crippen LogP contribution < -0.4 is 10.6 Å². The highest BCUT2D eigenvalue weighted by atomic mass is 16.5. The van der Waals surface area contributed by atoms with E-state index in [0.29, 0.717) is 25.1 Å². The number of aromatic nitrogens is 2. The van der Waals surface area contributed by atoms with Crippen LogP contribution in [0.4, 0.5) is 11.6 Å². The van der Waals surface area contributed by atoms with E-state index in [-0.39, 0.29) is 0 Å². The average Bonchev–Trinajstić information content (AvgIpc) is 2.42. The number of nitrogens with one attached hydrogen (secondary N) is 2. The Bertz CT molecular complexity index is 374. The normalized spacial score (nSPS) is 12.2. The van der Waals surface area contributed by atoms with Gasteiger partial charge in [-0.3, -0.25) is 0 Å². The molecule has 0 saturated heterocycles. The van der Waals surface area contributed by atoms with Crippen molar-refractivity contribution in [3.05, 3.63) is 11.9 Å². The summed E-state index contributed by atoms with van der Waals surface area (Å²) < 4.78 is 10.4. The van der Waals surface area contributed by atoms with Crippen LogP contribution >= 0.6 is 0 Å². The highest BCUT2D eigenvalue weighted by Crippen LogP contribution is 2.13. The molecule has 0 aromatic carbocycles. The van der Waals surface area contributed by atoms with Crippen molar-refractivity contribution in [3.8, 4) is 0 Å². The van der Waals surface area contributed by atoms with Crippen molar-refractivity contribution in [2.75, 3.05) is 38.0 Å². The van der Waals surface area contributed by atoms with E-state index in [1.54, 1.807) is 7.11 Å². The molecule has 1 aromatic rings. The SMILES string of the molecule is CCOCc1nc(NC)cc(NC(C)CCOC)n1. The maximum absolute atomic E-state index is 5.34. The Morgan fingerprint density at radius 2 is 2.05 bits per heavy atom. The van der Waals surface area contributed by atoms with Gasteiger partial charge in [0.05, 0.1) is 0 Å². The third kappa shape index (κ3) is 5.85. The topological polar surface area (TPSA) is 68.3 Å². The van der Waals surface area contributed by atoms with E-state index >= 15 is 0 Å². The molecule has 0 radical (unpaired) electrons. The lowest BCUT2D eigenvalue weighted by molar-refractivity contribution is 0.128. The molecule has 0 spiro atoms. The second-order valence-electron chi connectivity index (χ2n) is 4.27. The highest BCUT2D eigenvalue weighted by Gasteiger charge is 2.07. The van der Waals surface area contributed by atoms with Gasteiger partial charge in [-0.1, -0.05) is 0 Å². The molecule has 0 aliphatic carbocycles. The Morgan fingerprint density at radius 1 is 1.32 bits per heavy atom. The van der Waals surface area contributed by atoms with Gasteiger partial charge in [-0.2, -0.15) is 0 Å². The first-order valence-corrected chi connectivity index (χ1v) is 6.58. The van der Waals surface area contributed by atoms with Gasteiger partial charge in [-0.25, -0.2) is 9.97 Å². The molecule has 1 atom stereocenters. The summed E-state index contributed by atoms with van der Waals surface area (Å²) in [6.45, 7) is 5.85. The van der Waals surface area contributed by atoms with E-state index in [4.69, 9.17) is 9.47 Å². The van der Waals surface area contributed by atoms with Gasteiger partial charge in [0.15, 0.2) is 5.82 Å². The molecule has 1 rings (SSSR count). The van der Waals surface area contributed by atoms with Gasteiger partial charge < -0.3 is 20.1 Å². The second-order valence-corrected chi connectivity index (χ2v) is 4.27. The summed E-state index contributed by atoms with van der Waals surface area (Å²) in [5.74, 6) is 2.26. The first kappa shape index (κ1) is 15.7. The van der Waals surface area contributed by atoms with Gasteiger partial charge >= 0.3 is 0 Å². The first-order chi connectivity index (χ1) is 9.19.